The number of nitrogens with two attached hydrogens (primary N) is 1. The van der Waals surface area contributed by atoms with Crippen LogP contribution in [0.25, 0.3) is 11.4 Å². The van der Waals surface area contributed by atoms with Crippen molar-refractivity contribution in [3.8, 4) is 11.4 Å². The number of aromatic nitrogens is 2. The highest BCUT2D eigenvalue weighted by molar-refractivity contribution is 6.30. The minimum Gasteiger partial charge on any atom is -0.368 e. The molecule has 0 amide bonds. The molecule has 26 heavy (non-hydrogen) atoms. The van der Waals surface area contributed by atoms with Crippen LogP contribution in [-0.4, -0.2) is 22.8 Å². The number of nitrogens with zero attached hydrogens (tertiary/aromatic N) is 2. The summed E-state index contributed by atoms with van der Waals surface area (Å²) in [5, 5.41) is 8.09. The molecule has 1 fully saturated rings. The highest BCUT2D eigenvalue weighted by Gasteiger charge is 2.26. The predicted molar refractivity (Wildman–Crippen MR) is 100 cm³/mol. The molecule has 6 nitrogen and oxygen atoms in total. The first-order valence-electron chi connectivity index (χ1n) is 8.51. The molecule has 2 heterocycles. The molecule has 2 unspecified atom stereocenters. The zero-order valence-electron chi connectivity index (χ0n) is 14.1. The van der Waals surface area contributed by atoms with Crippen LogP contribution in [-0.2, 0) is 4.74 Å². The number of benzene rings is 2. The molecule has 0 saturated carbocycles. The molecule has 134 valence electrons. The van der Waals surface area contributed by atoms with Crippen molar-refractivity contribution < 1.29 is 9.26 Å². The SMILES string of the molecule is NC1CCOC(c2nc(-c3ccc(Nc4ccc(Cl)cc4)cc3)no2)C1. The highest BCUT2D eigenvalue weighted by Crippen LogP contribution is 2.28. The molecule has 1 aliphatic rings. The Labute approximate surface area is 156 Å². The number of halogens is 1. The van der Waals surface area contributed by atoms with Crippen molar-refractivity contribution in [2.75, 3.05) is 11.9 Å². The molecule has 1 saturated heterocycles. The molecule has 3 N–H and O–H groups in total. The van der Waals surface area contributed by atoms with Gasteiger partial charge >= 0.3 is 0 Å². The number of ether oxygens (including phenoxy) is 1. The van der Waals surface area contributed by atoms with Gasteiger partial charge in [0.25, 0.3) is 5.89 Å². The van der Waals surface area contributed by atoms with Gasteiger partial charge in [0.05, 0.1) is 0 Å². The second-order valence-corrected chi connectivity index (χ2v) is 6.75. The van der Waals surface area contributed by atoms with Crippen LogP contribution < -0.4 is 11.1 Å². The van der Waals surface area contributed by atoms with Crippen LogP contribution in [0, 0.1) is 0 Å². The lowest BCUT2D eigenvalue weighted by Crippen LogP contribution is -2.30. The minimum absolute atomic E-state index is 0.113. The van der Waals surface area contributed by atoms with Gasteiger partial charge in [-0.1, -0.05) is 16.8 Å². The van der Waals surface area contributed by atoms with Crippen molar-refractivity contribution in [1.29, 1.82) is 0 Å². The first kappa shape index (κ1) is 17.0. The molecule has 0 bridgehead atoms. The molecular formula is C19H19ClN4O2. The average Bonchev–Trinajstić information content (AvgIpc) is 3.14. The van der Waals surface area contributed by atoms with E-state index in [9.17, 15) is 0 Å². The van der Waals surface area contributed by atoms with E-state index in [1.54, 1.807) is 0 Å². The summed E-state index contributed by atoms with van der Waals surface area (Å²) in [6.45, 7) is 0.620. The standard InChI is InChI=1S/C19H19ClN4O2/c20-13-3-7-16(8-4-13)22-15-5-1-12(2-6-15)18-23-19(26-24-18)17-11-14(21)9-10-25-17/h1-8,14,17,22H,9-11,21H2. The smallest absolute Gasteiger partial charge is 0.256 e. The van der Waals surface area contributed by atoms with Crippen LogP contribution in [0.3, 0.4) is 0 Å². The molecule has 3 aromatic rings. The average molecular weight is 371 g/mol. The lowest BCUT2D eigenvalue weighted by Gasteiger charge is -2.24. The zero-order valence-corrected chi connectivity index (χ0v) is 14.8. The zero-order chi connectivity index (χ0) is 17.9. The molecule has 0 radical (unpaired) electrons. The maximum absolute atomic E-state index is 5.98. The van der Waals surface area contributed by atoms with Gasteiger partial charge in [-0.3, -0.25) is 0 Å². The van der Waals surface area contributed by atoms with Crippen LogP contribution in [0.2, 0.25) is 5.02 Å². The number of anilines is 2. The third-order valence-corrected chi connectivity index (χ3v) is 4.57. The molecule has 0 spiro atoms. The van der Waals surface area contributed by atoms with Gasteiger partial charge in [0, 0.05) is 34.6 Å². The van der Waals surface area contributed by atoms with Crippen LogP contribution in [0.15, 0.2) is 53.1 Å². The van der Waals surface area contributed by atoms with Crippen molar-refractivity contribution in [2.24, 2.45) is 5.73 Å². The third-order valence-electron chi connectivity index (χ3n) is 4.32. The van der Waals surface area contributed by atoms with E-state index in [4.69, 9.17) is 26.6 Å². The fraction of sp³-hybridized carbons (Fsp3) is 0.263. The van der Waals surface area contributed by atoms with Gasteiger partial charge in [0.2, 0.25) is 5.82 Å². The van der Waals surface area contributed by atoms with Crippen molar-refractivity contribution in [3.05, 3.63) is 59.4 Å². The first-order valence-corrected chi connectivity index (χ1v) is 8.89. The Balaban J connectivity index is 1.46. The number of hydrogen-bond acceptors (Lipinski definition) is 6. The second-order valence-electron chi connectivity index (χ2n) is 6.31. The summed E-state index contributed by atoms with van der Waals surface area (Å²) in [6, 6.07) is 15.5. The number of hydrogen-bond donors (Lipinski definition) is 2. The Bertz CT molecular complexity index is 864. The van der Waals surface area contributed by atoms with Crippen LogP contribution in [0.1, 0.15) is 24.8 Å². The molecule has 2 atom stereocenters. The van der Waals surface area contributed by atoms with Crippen LogP contribution >= 0.6 is 11.6 Å². The maximum atomic E-state index is 5.98. The topological polar surface area (TPSA) is 86.2 Å². The molecule has 7 heteroatoms. The Hall–Kier alpha value is -2.41. The van der Waals surface area contributed by atoms with Crippen molar-refractivity contribution in [1.82, 2.24) is 10.1 Å². The predicted octanol–water partition coefficient (Wildman–Crippen LogP) is 4.31. The van der Waals surface area contributed by atoms with E-state index in [0.717, 1.165) is 23.4 Å². The largest absolute Gasteiger partial charge is 0.368 e. The van der Waals surface area contributed by atoms with Gasteiger partial charge in [-0.15, -0.1) is 0 Å². The fourth-order valence-corrected chi connectivity index (χ4v) is 3.01. The first-order chi connectivity index (χ1) is 12.7. The quantitative estimate of drug-likeness (QED) is 0.711. The maximum Gasteiger partial charge on any atom is 0.256 e. The number of nitrogens with one attached hydrogen (secondary N) is 1. The summed E-state index contributed by atoms with van der Waals surface area (Å²) in [5.74, 6) is 1.03. The molecule has 2 aromatic carbocycles. The second kappa shape index (κ2) is 7.45. The minimum atomic E-state index is -0.217. The molecular weight excluding hydrogens is 352 g/mol. The van der Waals surface area contributed by atoms with Crippen LogP contribution in [0.4, 0.5) is 11.4 Å². The van der Waals surface area contributed by atoms with Crippen molar-refractivity contribution in [3.63, 3.8) is 0 Å². The monoisotopic (exact) mass is 370 g/mol. The molecule has 0 aliphatic carbocycles. The Morgan fingerprint density at radius 2 is 1.73 bits per heavy atom. The lowest BCUT2D eigenvalue weighted by atomic mass is 10.0. The summed E-state index contributed by atoms with van der Waals surface area (Å²) < 4.78 is 11.1. The Morgan fingerprint density at radius 3 is 2.42 bits per heavy atom. The van der Waals surface area contributed by atoms with E-state index in [-0.39, 0.29) is 12.1 Å². The van der Waals surface area contributed by atoms with E-state index in [1.165, 1.54) is 0 Å². The summed E-state index contributed by atoms with van der Waals surface area (Å²) in [6.07, 6.45) is 1.34. The molecule has 4 rings (SSSR count). The van der Waals surface area contributed by atoms with Crippen molar-refractivity contribution >= 4 is 23.0 Å². The summed E-state index contributed by atoms with van der Waals surface area (Å²) >= 11 is 5.90. The Morgan fingerprint density at radius 1 is 1.04 bits per heavy atom. The normalized spacial score (nSPS) is 20.1. The molecule has 1 aromatic heterocycles. The summed E-state index contributed by atoms with van der Waals surface area (Å²) in [4.78, 5) is 4.47. The third kappa shape index (κ3) is 3.88. The summed E-state index contributed by atoms with van der Waals surface area (Å²) in [5.41, 5.74) is 8.79. The van der Waals surface area contributed by atoms with Gasteiger partial charge in [-0.2, -0.15) is 4.98 Å². The van der Waals surface area contributed by atoms with E-state index >= 15 is 0 Å². The fourth-order valence-electron chi connectivity index (χ4n) is 2.88. The number of rotatable bonds is 4. The summed E-state index contributed by atoms with van der Waals surface area (Å²) in [7, 11) is 0. The van der Waals surface area contributed by atoms with Gasteiger partial charge in [0.15, 0.2) is 0 Å². The van der Waals surface area contributed by atoms with E-state index in [1.807, 2.05) is 48.5 Å². The van der Waals surface area contributed by atoms with E-state index < -0.39 is 0 Å². The van der Waals surface area contributed by atoms with Crippen molar-refractivity contribution in [2.45, 2.75) is 25.0 Å². The Kier molecular flexibility index (Phi) is 4.88. The molecule has 1 aliphatic heterocycles. The van der Waals surface area contributed by atoms with E-state index in [0.29, 0.717) is 29.8 Å². The van der Waals surface area contributed by atoms with Crippen LogP contribution in [0.5, 0.6) is 0 Å². The highest BCUT2D eigenvalue weighted by atomic mass is 35.5. The van der Waals surface area contributed by atoms with Gasteiger partial charge in [-0.05, 0) is 61.4 Å². The van der Waals surface area contributed by atoms with Gasteiger partial charge < -0.3 is 20.3 Å². The van der Waals surface area contributed by atoms with Gasteiger partial charge in [0.1, 0.15) is 6.10 Å². The van der Waals surface area contributed by atoms with E-state index in [2.05, 4.69) is 15.5 Å². The van der Waals surface area contributed by atoms with Gasteiger partial charge in [-0.25, -0.2) is 0 Å². The lowest BCUT2D eigenvalue weighted by molar-refractivity contribution is -0.0121.